The van der Waals surface area contributed by atoms with Crippen LogP contribution >= 0.6 is 15.9 Å². The maximum absolute atomic E-state index is 12.5. The fourth-order valence-corrected chi connectivity index (χ4v) is 3.47. The molecule has 2 N–H and O–H groups in total. The summed E-state index contributed by atoms with van der Waals surface area (Å²) in [5, 5.41) is 14.9. The number of benzene rings is 3. The number of rotatable bonds is 8. The molecule has 0 saturated carbocycles. The molecule has 0 aliphatic rings. The highest BCUT2D eigenvalue weighted by molar-refractivity contribution is 9.10. The molecule has 8 heteroatoms. The van der Waals surface area contributed by atoms with Crippen LogP contribution in [-0.2, 0) is 9.59 Å². The minimum atomic E-state index is -0.531. The molecule has 0 saturated heterocycles. The number of amides is 2. The van der Waals surface area contributed by atoms with Crippen molar-refractivity contribution >= 4 is 45.2 Å². The molecular weight excluding hydrogens is 498 g/mol. The molecule has 3 aromatic carbocycles. The zero-order valence-electron chi connectivity index (χ0n) is 18.6. The van der Waals surface area contributed by atoms with Gasteiger partial charge in [-0.2, -0.15) is 5.26 Å². The number of carbonyl (C=O) groups is 2. The molecule has 0 aliphatic carbocycles. The van der Waals surface area contributed by atoms with Gasteiger partial charge >= 0.3 is 0 Å². The van der Waals surface area contributed by atoms with Crippen molar-refractivity contribution in [2.75, 3.05) is 24.4 Å². The van der Waals surface area contributed by atoms with Crippen LogP contribution in [0.3, 0.4) is 0 Å². The molecule has 7 nitrogen and oxygen atoms in total. The van der Waals surface area contributed by atoms with Gasteiger partial charge in [-0.3, -0.25) is 9.59 Å². The van der Waals surface area contributed by atoms with Crippen LogP contribution in [-0.4, -0.2) is 25.5 Å². The highest BCUT2D eigenvalue weighted by Crippen LogP contribution is 2.27. The number of methoxy groups -OCH3 is 1. The predicted octanol–water partition coefficient (Wildman–Crippen LogP) is 5.33. The van der Waals surface area contributed by atoms with Crippen LogP contribution in [0.5, 0.6) is 11.5 Å². The highest BCUT2D eigenvalue weighted by Gasteiger charge is 2.12. The zero-order chi connectivity index (χ0) is 24.5. The Morgan fingerprint density at radius 1 is 1.06 bits per heavy atom. The summed E-state index contributed by atoms with van der Waals surface area (Å²) in [6.45, 7) is 1.74. The van der Waals surface area contributed by atoms with Crippen LogP contribution in [0.2, 0.25) is 0 Å². The average molecular weight is 520 g/mol. The fourth-order valence-electron chi connectivity index (χ4n) is 2.95. The lowest BCUT2D eigenvalue weighted by atomic mass is 10.1. The first-order valence-corrected chi connectivity index (χ1v) is 11.0. The van der Waals surface area contributed by atoms with E-state index in [0.29, 0.717) is 27.2 Å². The summed E-state index contributed by atoms with van der Waals surface area (Å²) in [5.41, 5.74) is 2.78. The Hall–Kier alpha value is -4.09. The maximum atomic E-state index is 12.5. The summed E-state index contributed by atoms with van der Waals surface area (Å²) in [6.07, 6.45) is 1.47. The number of halogens is 1. The van der Waals surface area contributed by atoms with Crippen LogP contribution < -0.4 is 20.1 Å². The summed E-state index contributed by atoms with van der Waals surface area (Å²) >= 11 is 3.41. The molecule has 0 fully saturated rings. The van der Waals surface area contributed by atoms with E-state index in [2.05, 4.69) is 26.6 Å². The van der Waals surface area contributed by atoms with Crippen LogP contribution in [0.25, 0.3) is 6.08 Å². The number of anilines is 2. The minimum absolute atomic E-state index is 0.0611. The third-order valence-electron chi connectivity index (χ3n) is 4.76. The second-order valence-electron chi connectivity index (χ2n) is 7.19. The number of aryl methyl sites for hydroxylation is 1. The van der Waals surface area contributed by atoms with E-state index in [-0.39, 0.29) is 18.1 Å². The lowest BCUT2D eigenvalue weighted by molar-refractivity contribution is -0.118. The van der Waals surface area contributed by atoms with Crippen LogP contribution in [0.1, 0.15) is 11.1 Å². The molecule has 0 unspecified atom stereocenters. The van der Waals surface area contributed by atoms with Crippen LogP contribution in [0.4, 0.5) is 11.4 Å². The van der Waals surface area contributed by atoms with Crippen LogP contribution in [0, 0.1) is 18.3 Å². The lowest BCUT2D eigenvalue weighted by Gasteiger charge is -2.11. The molecular formula is C26H22BrN3O4. The fraction of sp³-hybridized carbons (Fsp3) is 0.115. The number of ether oxygens (including phenoxy) is 2. The van der Waals surface area contributed by atoms with Gasteiger partial charge in [-0.25, -0.2) is 0 Å². The summed E-state index contributed by atoms with van der Waals surface area (Å²) < 4.78 is 11.3. The SMILES string of the molecule is COc1ccc(NC(=O)/C(C#N)=C\c2ccc(OCC(=O)Nc3ccccc3C)c(Br)c2)cc1. The van der Waals surface area contributed by atoms with E-state index >= 15 is 0 Å². The van der Waals surface area contributed by atoms with Crippen molar-refractivity contribution in [2.24, 2.45) is 0 Å². The van der Waals surface area contributed by atoms with Gasteiger partial charge in [-0.1, -0.05) is 24.3 Å². The first-order chi connectivity index (χ1) is 16.4. The van der Waals surface area contributed by atoms with E-state index in [4.69, 9.17) is 9.47 Å². The maximum Gasteiger partial charge on any atom is 0.266 e. The number of nitrogens with one attached hydrogen (secondary N) is 2. The van der Waals surface area contributed by atoms with E-state index in [1.807, 2.05) is 37.3 Å². The largest absolute Gasteiger partial charge is 0.497 e. The molecule has 3 aromatic rings. The first-order valence-electron chi connectivity index (χ1n) is 10.2. The zero-order valence-corrected chi connectivity index (χ0v) is 20.2. The second-order valence-corrected chi connectivity index (χ2v) is 8.05. The smallest absolute Gasteiger partial charge is 0.266 e. The number of carbonyl (C=O) groups excluding carboxylic acids is 2. The molecule has 2 amide bonds. The van der Waals surface area contributed by atoms with Gasteiger partial charge in [0.2, 0.25) is 0 Å². The van der Waals surface area contributed by atoms with Crippen molar-refractivity contribution < 1.29 is 19.1 Å². The number of nitriles is 1. The quantitative estimate of drug-likeness (QED) is 0.309. The molecule has 3 rings (SSSR count). The van der Waals surface area contributed by atoms with Crippen molar-refractivity contribution in [3.05, 3.63) is 87.9 Å². The van der Waals surface area contributed by atoms with E-state index in [9.17, 15) is 14.9 Å². The van der Waals surface area contributed by atoms with Gasteiger partial charge in [0.05, 0.1) is 11.6 Å². The Balaban J connectivity index is 1.63. The van der Waals surface area contributed by atoms with Crippen molar-refractivity contribution in [1.82, 2.24) is 0 Å². The van der Waals surface area contributed by atoms with Gasteiger partial charge in [0, 0.05) is 11.4 Å². The molecule has 0 aliphatic heterocycles. The number of nitrogens with zero attached hydrogens (tertiary/aromatic N) is 1. The van der Waals surface area contributed by atoms with Gasteiger partial charge in [-0.15, -0.1) is 0 Å². The molecule has 34 heavy (non-hydrogen) atoms. The van der Waals surface area contributed by atoms with Gasteiger partial charge in [0.1, 0.15) is 23.1 Å². The third kappa shape index (κ3) is 6.70. The van der Waals surface area contributed by atoms with Crippen molar-refractivity contribution in [3.8, 4) is 17.6 Å². The molecule has 0 bridgehead atoms. The van der Waals surface area contributed by atoms with Crippen LogP contribution in [0.15, 0.2) is 76.8 Å². The molecule has 0 radical (unpaired) electrons. The predicted molar refractivity (Wildman–Crippen MR) is 135 cm³/mol. The average Bonchev–Trinajstić information content (AvgIpc) is 2.83. The van der Waals surface area contributed by atoms with Crippen molar-refractivity contribution in [3.63, 3.8) is 0 Å². The second kappa shape index (κ2) is 11.7. The van der Waals surface area contributed by atoms with Crippen molar-refractivity contribution in [2.45, 2.75) is 6.92 Å². The van der Waals surface area contributed by atoms with Gasteiger partial charge in [0.25, 0.3) is 11.8 Å². The lowest BCUT2D eigenvalue weighted by Crippen LogP contribution is -2.20. The Morgan fingerprint density at radius 3 is 2.44 bits per heavy atom. The molecule has 0 heterocycles. The van der Waals surface area contributed by atoms with Gasteiger partial charge < -0.3 is 20.1 Å². The summed E-state index contributed by atoms with van der Waals surface area (Å²) in [6, 6.07) is 21.2. The van der Waals surface area contributed by atoms with E-state index in [0.717, 1.165) is 11.3 Å². The molecule has 172 valence electrons. The Morgan fingerprint density at radius 2 is 1.79 bits per heavy atom. The summed E-state index contributed by atoms with van der Waals surface area (Å²) in [7, 11) is 1.55. The number of hydrogen-bond donors (Lipinski definition) is 2. The van der Waals surface area contributed by atoms with E-state index < -0.39 is 5.91 Å². The molecule has 0 spiro atoms. The monoisotopic (exact) mass is 519 g/mol. The number of hydrogen-bond acceptors (Lipinski definition) is 5. The Labute approximate surface area is 206 Å². The molecule has 0 atom stereocenters. The third-order valence-corrected chi connectivity index (χ3v) is 5.38. The van der Waals surface area contributed by atoms with Gasteiger partial charge in [0.15, 0.2) is 6.61 Å². The number of para-hydroxylation sites is 1. The van der Waals surface area contributed by atoms with E-state index in [1.165, 1.54) is 6.08 Å². The van der Waals surface area contributed by atoms with E-state index in [1.54, 1.807) is 49.6 Å². The first kappa shape index (κ1) is 24.6. The standard InChI is InChI=1S/C26H22BrN3O4/c1-17-5-3-4-6-23(17)30-25(31)16-34-24-12-7-18(14-22(24)27)13-19(15-28)26(32)29-20-8-10-21(33-2)11-9-20/h3-14H,16H2,1-2H3,(H,29,32)(H,30,31)/b19-13-. The minimum Gasteiger partial charge on any atom is -0.497 e. The van der Waals surface area contributed by atoms with Crippen molar-refractivity contribution in [1.29, 1.82) is 5.26 Å². The Bertz CT molecular complexity index is 1260. The highest BCUT2D eigenvalue weighted by atomic mass is 79.9. The summed E-state index contributed by atoms with van der Waals surface area (Å²) in [4.78, 5) is 24.7. The topological polar surface area (TPSA) is 100 Å². The normalized spacial score (nSPS) is 10.7. The van der Waals surface area contributed by atoms with Gasteiger partial charge in [-0.05, 0) is 82.5 Å². The summed E-state index contributed by atoms with van der Waals surface area (Å²) in [5.74, 6) is 0.302. The molecule has 0 aromatic heterocycles. The Kier molecular flexibility index (Phi) is 8.43.